The van der Waals surface area contributed by atoms with Gasteiger partial charge < -0.3 is 15.2 Å². The van der Waals surface area contributed by atoms with E-state index in [4.69, 9.17) is 16.3 Å². The highest BCUT2D eigenvalue weighted by molar-refractivity contribution is 5.98. The van der Waals surface area contributed by atoms with Gasteiger partial charge >= 0.3 is 5.97 Å². The van der Waals surface area contributed by atoms with Gasteiger partial charge in [-0.3, -0.25) is 4.79 Å². The number of terminal acetylenes is 1. The molecule has 21 heavy (non-hydrogen) atoms. The van der Waals surface area contributed by atoms with Crippen LogP contribution in [-0.2, 0) is 9.53 Å². The molecule has 5 nitrogen and oxygen atoms in total. The number of esters is 1. The molecule has 5 heteroatoms. The minimum absolute atomic E-state index is 0.00761. The number of hydrogen-bond acceptors (Lipinski definition) is 4. The van der Waals surface area contributed by atoms with Crippen molar-refractivity contribution < 1.29 is 19.4 Å². The molecule has 110 valence electrons. The third-order valence-electron chi connectivity index (χ3n) is 3.78. The molecule has 2 N–H and O–H groups in total. The summed E-state index contributed by atoms with van der Waals surface area (Å²) in [6.07, 6.45) is 6.02. The molecule has 0 bridgehead atoms. The van der Waals surface area contributed by atoms with Crippen molar-refractivity contribution in [3.8, 4) is 12.3 Å². The third-order valence-corrected chi connectivity index (χ3v) is 3.78. The van der Waals surface area contributed by atoms with Crippen LogP contribution >= 0.6 is 0 Å². The quantitative estimate of drug-likeness (QED) is 0.632. The molecule has 0 heterocycles. The van der Waals surface area contributed by atoms with E-state index in [1.165, 1.54) is 7.11 Å². The second-order valence-electron chi connectivity index (χ2n) is 5.21. The number of methoxy groups -OCH3 is 1. The van der Waals surface area contributed by atoms with Gasteiger partial charge in [-0.25, -0.2) is 4.79 Å². The first-order valence-corrected chi connectivity index (χ1v) is 6.63. The van der Waals surface area contributed by atoms with Crippen molar-refractivity contribution in [1.29, 1.82) is 0 Å². The first-order chi connectivity index (χ1) is 10.0. The lowest BCUT2D eigenvalue weighted by atomic mass is 9.68. The maximum atomic E-state index is 12.2. The van der Waals surface area contributed by atoms with Gasteiger partial charge in [-0.1, -0.05) is 5.92 Å². The molecule has 1 aromatic carbocycles. The summed E-state index contributed by atoms with van der Waals surface area (Å²) in [5.74, 6) is 1.63. The van der Waals surface area contributed by atoms with E-state index in [0.717, 1.165) is 0 Å². The van der Waals surface area contributed by atoms with Crippen LogP contribution in [0.2, 0.25) is 0 Å². The second-order valence-corrected chi connectivity index (χ2v) is 5.21. The van der Waals surface area contributed by atoms with Crippen molar-refractivity contribution in [3.63, 3.8) is 0 Å². The molecule has 0 atom stereocenters. The number of rotatable bonds is 4. The SMILES string of the molecule is C#Cc1ccc(C(=O)NC2(C(=O)OC)CC(CO)C2)cc1. The van der Waals surface area contributed by atoms with E-state index in [1.54, 1.807) is 24.3 Å². The van der Waals surface area contributed by atoms with Crippen molar-refractivity contribution in [2.75, 3.05) is 13.7 Å². The molecule has 0 spiro atoms. The van der Waals surface area contributed by atoms with Gasteiger partial charge in [0.2, 0.25) is 0 Å². The lowest BCUT2D eigenvalue weighted by Crippen LogP contribution is -2.63. The number of aliphatic hydroxyl groups excluding tert-OH is 1. The van der Waals surface area contributed by atoms with E-state index in [1.807, 2.05) is 0 Å². The Kier molecular flexibility index (Phi) is 4.29. The van der Waals surface area contributed by atoms with Crippen LogP contribution in [0.1, 0.15) is 28.8 Å². The van der Waals surface area contributed by atoms with E-state index in [-0.39, 0.29) is 18.4 Å². The van der Waals surface area contributed by atoms with Crippen LogP contribution in [-0.4, -0.2) is 36.2 Å². The zero-order valence-electron chi connectivity index (χ0n) is 11.8. The first-order valence-electron chi connectivity index (χ1n) is 6.63. The van der Waals surface area contributed by atoms with Crippen LogP contribution in [0.25, 0.3) is 0 Å². The zero-order chi connectivity index (χ0) is 15.5. The second kappa shape index (κ2) is 5.98. The summed E-state index contributed by atoms with van der Waals surface area (Å²) in [7, 11) is 1.28. The zero-order valence-corrected chi connectivity index (χ0v) is 11.8. The Bertz CT molecular complexity index is 579. The molecule has 0 saturated heterocycles. The van der Waals surface area contributed by atoms with Crippen LogP contribution in [0.5, 0.6) is 0 Å². The van der Waals surface area contributed by atoms with E-state index in [2.05, 4.69) is 11.2 Å². The maximum Gasteiger partial charge on any atom is 0.331 e. The third kappa shape index (κ3) is 2.91. The van der Waals surface area contributed by atoms with Gasteiger partial charge in [0.25, 0.3) is 5.91 Å². The highest BCUT2D eigenvalue weighted by Crippen LogP contribution is 2.38. The fraction of sp³-hybridized carbons (Fsp3) is 0.375. The lowest BCUT2D eigenvalue weighted by Gasteiger charge is -2.44. The van der Waals surface area contributed by atoms with Crippen LogP contribution in [0, 0.1) is 18.3 Å². The topological polar surface area (TPSA) is 75.6 Å². The van der Waals surface area contributed by atoms with Crippen LogP contribution in [0.15, 0.2) is 24.3 Å². The normalized spacial score (nSPS) is 23.6. The van der Waals surface area contributed by atoms with E-state index in [0.29, 0.717) is 24.0 Å². The highest BCUT2D eigenvalue weighted by Gasteiger charge is 2.52. The molecule has 0 radical (unpaired) electrons. The number of aliphatic hydroxyl groups is 1. The monoisotopic (exact) mass is 287 g/mol. The number of carbonyl (C=O) groups is 2. The van der Waals surface area contributed by atoms with Crippen molar-refractivity contribution in [2.45, 2.75) is 18.4 Å². The fourth-order valence-corrected chi connectivity index (χ4v) is 2.58. The summed E-state index contributed by atoms with van der Waals surface area (Å²) in [5.41, 5.74) is 0.0623. The first kappa shape index (κ1) is 15.1. The van der Waals surface area contributed by atoms with Gasteiger partial charge in [-0.15, -0.1) is 6.42 Å². The van der Waals surface area contributed by atoms with Gasteiger partial charge in [-0.05, 0) is 43.0 Å². The average molecular weight is 287 g/mol. The lowest BCUT2D eigenvalue weighted by molar-refractivity contribution is -0.155. The Labute approximate surface area is 123 Å². The highest BCUT2D eigenvalue weighted by atomic mass is 16.5. The van der Waals surface area contributed by atoms with Crippen molar-refractivity contribution in [2.24, 2.45) is 5.92 Å². The van der Waals surface area contributed by atoms with E-state index in [9.17, 15) is 9.59 Å². The molecule has 0 unspecified atom stereocenters. The van der Waals surface area contributed by atoms with Crippen LogP contribution < -0.4 is 5.32 Å². The molecule has 0 aliphatic heterocycles. The molecule has 1 aliphatic rings. The largest absolute Gasteiger partial charge is 0.467 e. The minimum Gasteiger partial charge on any atom is -0.467 e. The summed E-state index contributed by atoms with van der Waals surface area (Å²) in [5, 5.41) is 11.8. The van der Waals surface area contributed by atoms with Crippen molar-refractivity contribution in [3.05, 3.63) is 35.4 Å². The van der Waals surface area contributed by atoms with E-state index >= 15 is 0 Å². The maximum absolute atomic E-state index is 12.2. The molecule has 2 rings (SSSR count). The summed E-state index contributed by atoms with van der Waals surface area (Å²) < 4.78 is 4.76. The minimum atomic E-state index is -1.04. The number of carbonyl (C=O) groups excluding carboxylic acids is 2. The van der Waals surface area contributed by atoms with Gasteiger partial charge in [0.1, 0.15) is 5.54 Å². The number of ether oxygens (including phenoxy) is 1. The predicted molar refractivity (Wildman–Crippen MR) is 76.4 cm³/mol. The van der Waals surface area contributed by atoms with Crippen molar-refractivity contribution in [1.82, 2.24) is 5.32 Å². The van der Waals surface area contributed by atoms with Gasteiger partial charge in [-0.2, -0.15) is 0 Å². The Morgan fingerprint density at radius 2 is 2.05 bits per heavy atom. The summed E-state index contributed by atoms with van der Waals surface area (Å²) in [6.45, 7) is -0.00845. The average Bonchev–Trinajstić information content (AvgIpc) is 2.49. The van der Waals surface area contributed by atoms with Crippen molar-refractivity contribution >= 4 is 11.9 Å². The Morgan fingerprint density at radius 1 is 1.43 bits per heavy atom. The molecular formula is C16H17NO4. The Hall–Kier alpha value is -2.32. The smallest absolute Gasteiger partial charge is 0.331 e. The molecule has 1 aromatic rings. The number of hydrogen-bond donors (Lipinski definition) is 2. The Balaban J connectivity index is 2.12. The summed E-state index contributed by atoms with van der Waals surface area (Å²) >= 11 is 0. The molecule has 1 saturated carbocycles. The summed E-state index contributed by atoms with van der Waals surface area (Å²) in [6, 6.07) is 6.55. The predicted octanol–water partition coefficient (Wildman–Crippen LogP) is 0.712. The van der Waals surface area contributed by atoms with Crippen LogP contribution in [0.3, 0.4) is 0 Å². The summed E-state index contributed by atoms with van der Waals surface area (Å²) in [4.78, 5) is 24.1. The van der Waals surface area contributed by atoms with Gasteiger partial charge in [0.05, 0.1) is 7.11 Å². The van der Waals surface area contributed by atoms with Gasteiger partial charge in [0, 0.05) is 17.7 Å². The number of amides is 1. The Morgan fingerprint density at radius 3 is 2.52 bits per heavy atom. The molecule has 0 aromatic heterocycles. The number of benzene rings is 1. The molecule has 1 fully saturated rings. The molecule has 1 aliphatic carbocycles. The van der Waals surface area contributed by atoms with E-state index < -0.39 is 11.5 Å². The standard InChI is InChI=1S/C16H17NO4/c1-3-11-4-6-13(7-5-11)14(19)17-16(15(20)21-2)8-12(9-16)10-18/h1,4-7,12,18H,8-10H2,2H3,(H,17,19). The molecule has 1 amide bonds. The number of nitrogens with one attached hydrogen (secondary N) is 1. The van der Waals surface area contributed by atoms with Gasteiger partial charge in [0.15, 0.2) is 0 Å². The molecular weight excluding hydrogens is 270 g/mol. The van der Waals surface area contributed by atoms with Crippen LogP contribution in [0.4, 0.5) is 0 Å². The fourth-order valence-electron chi connectivity index (χ4n) is 2.58.